The van der Waals surface area contributed by atoms with Crippen LogP contribution in [0.5, 0.6) is 11.5 Å². The van der Waals surface area contributed by atoms with Crippen molar-refractivity contribution in [3.63, 3.8) is 0 Å². The van der Waals surface area contributed by atoms with Gasteiger partial charge in [-0.1, -0.05) is 0 Å². The number of rotatable bonds is 5. The van der Waals surface area contributed by atoms with Crippen LogP contribution in [0.4, 0.5) is 11.4 Å². The Labute approximate surface area is 175 Å². The molecule has 30 heavy (non-hydrogen) atoms. The molecule has 4 rings (SSSR count). The number of anilines is 2. The van der Waals surface area contributed by atoms with Crippen molar-refractivity contribution in [2.24, 2.45) is 0 Å². The second-order valence-corrected chi connectivity index (χ2v) is 7.49. The van der Waals surface area contributed by atoms with E-state index in [0.29, 0.717) is 36.0 Å². The number of nitrogens with zero attached hydrogens (tertiary/aromatic N) is 1. The third-order valence-electron chi connectivity index (χ3n) is 5.29. The molecule has 1 N–H and O–H groups in total. The summed E-state index contributed by atoms with van der Waals surface area (Å²) < 4.78 is 16.3. The molecule has 2 heterocycles. The van der Waals surface area contributed by atoms with Crippen LogP contribution >= 0.6 is 0 Å². The molecule has 2 aliphatic rings. The molecule has 1 amide bonds. The average molecular weight is 410 g/mol. The lowest BCUT2D eigenvalue weighted by atomic mass is 10.1. The number of fused-ring (bicyclic) bond motifs is 1. The maximum Gasteiger partial charge on any atom is 0.339 e. The molecule has 0 saturated carbocycles. The molecular formula is C23H26N2O5. The van der Waals surface area contributed by atoms with Gasteiger partial charge in [-0.15, -0.1) is 0 Å². The van der Waals surface area contributed by atoms with Gasteiger partial charge in [-0.05, 0) is 68.7 Å². The molecule has 1 saturated heterocycles. The van der Waals surface area contributed by atoms with Crippen LogP contribution in [0.15, 0.2) is 42.5 Å². The summed E-state index contributed by atoms with van der Waals surface area (Å²) in [6.45, 7) is 4.60. The van der Waals surface area contributed by atoms with E-state index in [2.05, 4.69) is 10.2 Å². The number of benzene rings is 2. The summed E-state index contributed by atoms with van der Waals surface area (Å²) in [5, 5.41) is 2.80. The van der Waals surface area contributed by atoms with E-state index in [4.69, 9.17) is 14.2 Å². The van der Waals surface area contributed by atoms with E-state index >= 15 is 0 Å². The molecule has 0 bridgehead atoms. The fourth-order valence-corrected chi connectivity index (χ4v) is 3.60. The smallest absolute Gasteiger partial charge is 0.339 e. The number of esters is 1. The zero-order valence-electron chi connectivity index (χ0n) is 17.1. The summed E-state index contributed by atoms with van der Waals surface area (Å²) in [5.74, 6) is 0.125. The van der Waals surface area contributed by atoms with E-state index < -0.39 is 12.1 Å². The van der Waals surface area contributed by atoms with E-state index in [9.17, 15) is 9.59 Å². The van der Waals surface area contributed by atoms with Crippen LogP contribution in [-0.2, 0) is 9.53 Å². The fraction of sp³-hybridized carbons (Fsp3) is 0.391. The minimum Gasteiger partial charge on any atom is -0.486 e. The number of ether oxygens (including phenoxy) is 3. The zero-order valence-corrected chi connectivity index (χ0v) is 17.1. The molecule has 0 radical (unpaired) electrons. The highest BCUT2D eigenvalue weighted by Gasteiger charge is 2.21. The SMILES string of the molecule is C[C@@H](OC(=O)c1ccc2c(c1)OCCO2)C(=O)Nc1ccc(N2CCCCC2)cc1. The summed E-state index contributed by atoms with van der Waals surface area (Å²) in [5.41, 5.74) is 2.14. The van der Waals surface area contributed by atoms with Gasteiger partial charge in [-0.3, -0.25) is 4.79 Å². The molecule has 7 nitrogen and oxygen atoms in total. The van der Waals surface area contributed by atoms with Crippen LogP contribution in [-0.4, -0.2) is 44.3 Å². The number of amides is 1. The topological polar surface area (TPSA) is 77.1 Å². The predicted octanol–water partition coefficient (Wildman–Crippen LogP) is 3.63. The Kier molecular flexibility index (Phi) is 6.07. The third-order valence-corrected chi connectivity index (χ3v) is 5.29. The third kappa shape index (κ3) is 4.67. The van der Waals surface area contributed by atoms with Crippen molar-refractivity contribution < 1.29 is 23.8 Å². The second kappa shape index (κ2) is 9.07. The second-order valence-electron chi connectivity index (χ2n) is 7.49. The van der Waals surface area contributed by atoms with Crippen molar-refractivity contribution in [2.45, 2.75) is 32.3 Å². The lowest BCUT2D eigenvalue weighted by Crippen LogP contribution is -2.30. The Morgan fingerprint density at radius 1 is 0.967 bits per heavy atom. The maximum absolute atomic E-state index is 12.5. The summed E-state index contributed by atoms with van der Waals surface area (Å²) >= 11 is 0. The first kappa shape index (κ1) is 20.1. The van der Waals surface area contributed by atoms with Crippen molar-refractivity contribution in [3.8, 4) is 11.5 Å². The molecule has 2 aliphatic heterocycles. The van der Waals surface area contributed by atoms with Crippen LogP contribution in [0, 0.1) is 0 Å². The zero-order chi connectivity index (χ0) is 20.9. The minimum atomic E-state index is -0.938. The minimum absolute atomic E-state index is 0.310. The van der Waals surface area contributed by atoms with Gasteiger partial charge in [-0.2, -0.15) is 0 Å². The van der Waals surface area contributed by atoms with Gasteiger partial charge >= 0.3 is 5.97 Å². The molecule has 7 heteroatoms. The van der Waals surface area contributed by atoms with Crippen molar-refractivity contribution in [2.75, 3.05) is 36.5 Å². The predicted molar refractivity (Wildman–Crippen MR) is 113 cm³/mol. The summed E-state index contributed by atoms with van der Waals surface area (Å²) in [6.07, 6.45) is 2.77. The van der Waals surface area contributed by atoms with E-state index in [1.54, 1.807) is 25.1 Å². The van der Waals surface area contributed by atoms with Gasteiger partial charge in [0.05, 0.1) is 5.56 Å². The van der Waals surface area contributed by atoms with Crippen molar-refractivity contribution in [1.29, 1.82) is 0 Å². The number of hydrogen-bond acceptors (Lipinski definition) is 6. The van der Waals surface area contributed by atoms with E-state index in [-0.39, 0.29) is 5.91 Å². The lowest BCUT2D eigenvalue weighted by Gasteiger charge is -2.28. The van der Waals surface area contributed by atoms with Crippen molar-refractivity contribution >= 4 is 23.3 Å². The van der Waals surface area contributed by atoms with Crippen molar-refractivity contribution in [1.82, 2.24) is 0 Å². The quantitative estimate of drug-likeness (QED) is 0.759. The van der Waals surface area contributed by atoms with E-state index in [0.717, 1.165) is 18.8 Å². The molecule has 158 valence electrons. The largest absolute Gasteiger partial charge is 0.486 e. The Hall–Kier alpha value is -3.22. The Morgan fingerprint density at radius 2 is 1.67 bits per heavy atom. The molecule has 1 fully saturated rings. The van der Waals surface area contributed by atoms with Gasteiger partial charge in [0.15, 0.2) is 17.6 Å². The van der Waals surface area contributed by atoms with Gasteiger partial charge in [0.2, 0.25) is 0 Å². The molecule has 0 aromatic heterocycles. The first-order chi connectivity index (χ1) is 14.6. The molecule has 0 unspecified atom stereocenters. The Morgan fingerprint density at radius 3 is 2.40 bits per heavy atom. The molecular weight excluding hydrogens is 384 g/mol. The van der Waals surface area contributed by atoms with Crippen LogP contribution in [0.2, 0.25) is 0 Å². The van der Waals surface area contributed by atoms with E-state index in [1.807, 2.05) is 24.3 Å². The maximum atomic E-state index is 12.5. The molecule has 2 aromatic rings. The average Bonchev–Trinajstić information content (AvgIpc) is 2.79. The van der Waals surface area contributed by atoms with Gasteiger partial charge in [0, 0.05) is 24.5 Å². The molecule has 2 aromatic carbocycles. The molecule has 0 aliphatic carbocycles. The van der Waals surface area contributed by atoms with E-state index in [1.165, 1.54) is 19.3 Å². The Balaban J connectivity index is 1.32. The number of carbonyl (C=O) groups excluding carboxylic acids is 2. The number of hydrogen-bond donors (Lipinski definition) is 1. The molecule has 1 atom stereocenters. The van der Waals surface area contributed by atoms with Crippen LogP contribution < -0.4 is 19.7 Å². The number of piperidine rings is 1. The van der Waals surface area contributed by atoms with Gasteiger partial charge in [-0.25, -0.2) is 4.79 Å². The van der Waals surface area contributed by atoms with Crippen LogP contribution in [0.3, 0.4) is 0 Å². The molecule has 0 spiro atoms. The first-order valence-electron chi connectivity index (χ1n) is 10.4. The summed E-state index contributed by atoms with van der Waals surface area (Å²) in [4.78, 5) is 27.2. The van der Waals surface area contributed by atoms with Gasteiger partial charge in [0.25, 0.3) is 5.91 Å². The van der Waals surface area contributed by atoms with Crippen LogP contribution in [0.1, 0.15) is 36.5 Å². The van der Waals surface area contributed by atoms with Crippen molar-refractivity contribution in [3.05, 3.63) is 48.0 Å². The summed E-state index contributed by atoms with van der Waals surface area (Å²) in [7, 11) is 0. The number of nitrogens with one attached hydrogen (secondary N) is 1. The number of carbonyl (C=O) groups is 2. The lowest BCUT2D eigenvalue weighted by molar-refractivity contribution is -0.123. The highest BCUT2D eigenvalue weighted by atomic mass is 16.6. The highest BCUT2D eigenvalue weighted by Crippen LogP contribution is 2.31. The van der Waals surface area contributed by atoms with Gasteiger partial charge in [0.1, 0.15) is 13.2 Å². The fourth-order valence-electron chi connectivity index (χ4n) is 3.60. The Bertz CT molecular complexity index is 906. The highest BCUT2D eigenvalue weighted by molar-refractivity contribution is 5.97. The first-order valence-corrected chi connectivity index (χ1v) is 10.4. The standard InChI is InChI=1S/C23H26N2O5/c1-16(30-23(27)17-5-10-20-21(15-17)29-14-13-28-20)22(26)24-18-6-8-19(9-7-18)25-11-3-2-4-12-25/h5-10,15-16H,2-4,11-14H2,1H3,(H,24,26)/t16-/m1/s1. The monoisotopic (exact) mass is 410 g/mol. The van der Waals surface area contributed by atoms with Gasteiger partial charge < -0.3 is 24.4 Å². The normalized spacial score (nSPS) is 16.5. The summed E-state index contributed by atoms with van der Waals surface area (Å²) in [6, 6.07) is 12.6. The van der Waals surface area contributed by atoms with Crippen LogP contribution in [0.25, 0.3) is 0 Å².